The number of nitro benzene ring substituents is 1. The number of nitro groups is 1. The van der Waals surface area contributed by atoms with Crippen molar-refractivity contribution in [2.75, 3.05) is 7.05 Å². The molecule has 0 aliphatic rings. The fourth-order valence-corrected chi connectivity index (χ4v) is 1.67. The lowest BCUT2D eigenvalue weighted by molar-refractivity contribution is -0.385. The molecule has 1 aromatic carbocycles. The summed E-state index contributed by atoms with van der Waals surface area (Å²) < 4.78 is 0. The number of carbonyl (C=O) groups excluding carboxylic acids is 1. The molecule has 0 N–H and O–H groups in total. The van der Waals surface area contributed by atoms with E-state index in [4.69, 9.17) is 5.26 Å². The van der Waals surface area contributed by atoms with Crippen LogP contribution in [-0.4, -0.2) is 28.8 Å². The van der Waals surface area contributed by atoms with E-state index < -0.39 is 4.92 Å². The number of aryl methyl sites for hydroxylation is 1. The SMILES string of the molecule is Cc1cc(C(=O)N(C)[C@H](C)CC#N)ccc1[N+](=O)[O-]. The molecule has 6 heteroatoms. The van der Waals surface area contributed by atoms with E-state index in [0.29, 0.717) is 11.1 Å². The van der Waals surface area contributed by atoms with Crippen LogP contribution in [0.15, 0.2) is 18.2 Å². The predicted molar refractivity (Wildman–Crippen MR) is 69.6 cm³/mol. The lowest BCUT2D eigenvalue weighted by Crippen LogP contribution is -2.34. The standard InChI is InChI=1S/C13H15N3O3/c1-9-8-11(4-5-12(9)16(18)19)13(17)15(3)10(2)6-7-14/h4-5,8,10H,6H2,1-3H3/t10-/m1/s1. The van der Waals surface area contributed by atoms with Gasteiger partial charge in [0.25, 0.3) is 11.6 Å². The third-order valence-corrected chi connectivity index (χ3v) is 3.01. The largest absolute Gasteiger partial charge is 0.338 e. The highest BCUT2D eigenvalue weighted by Gasteiger charge is 2.19. The van der Waals surface area contributed by atoms with Gasteiger partial charge in [0.15, 0.2) is 0 Å². The molecule has 0 unspecified atom stereocenters. The van der Waals surface area contributed by atoms with Gasteiger partial charge in [-0.1, -0.05) is 0 Å². The molecule has 0 fully saturated rings. The average Bonchev–Trinajstić information content (AvgIpc) is 2.36. The van der Waals surface area contributed by atoms with Crippen LogP contribution in [0.1, 0.15) is 29.3 Å². The Morgan fingerprint density at radius 3 is 2.68 bits per heavy atom. The number of nitrogens with zero attached hydrogens (tertiary/aromatic N) is 3. The Morgan fingerprint density at radius 2 is 2.21 bits per heavy atom. The lowest BCUT2D eigenvalue weighted by Gasteiger charge is -2.23. The number of rotatable bonds is 4. The van der Waals surface area contributed by atoms with Gasteiger partial charge < -0.3 is 4.90 Å². The summed E-state index contributed by atoms with van der Waals surface area (Å²) >= 11 is 0. The minimum atomic E-state index is -0.481. The van der Waals surface area contributed by atoms with Crippen LogP contribution in [-0.2, 0) is 0 Å². The van der Waals surface area contributed by atoms with E-state index in [1.54, 1.807) is 20.9 Å². The van der Waals surface area contributed by atoms with E-state index in [-0.39, 0.29) is 24.1 Å². The molecule has 19 heavy (non-hydrogen) atoms. The van der Waals surface area contributed by atoms with Crippen molar-refractivity contribution in [3.63, 3.8) is 0 Å². The first-order chi connectivity index (χ1) is 8.88. The Labute approximate surface area is 111 Å². The van der Waals surface area contributed by atoms with E-state index in [2.05, 4.69) is 0 Å². The predicted octanol–water partition coefficient (Wildman–Crippen LogP) is 2.28. The molecule has 0 aliphatic heterocycles. The van der Waals surface area contributed by atoms with Crippen LogP contribution in [0, 0.1) is 28.4 Å². The third kappa shape index (κ3) is 3.28. The summed E-state index contributed by atoms with van der Waals surface area (Å²) in [6.07, 6.45) is 0.244. The van der Waals surface area contributed by atoms with Gasteiger partial charge in [0, 0.05) is 30.3 Å². The zero-order valence-corrected chi connectivity index (χ0v) is 11.1. The highest BCUT2D eigenvalue weighted by molar-refractivity contribution is 5.94. The Hall–Kier alpha value is -2.42. The van der Waals surface area contributed by atoms with Gasteiger partial charge >= 0.3 is 0 Å². The average molecular weight is 261 g/mol. The van der Waals surface area contributed by atoms with Gasteiger partial charge in [0.1, 0.15) is 0 Å². The normalized spacial score (nSPS) is 11.5. The molecule has 6 nitrogen and oxygen atoms in total. The Morgan fingerprint density at radius 1 is 1.58 bits per heavy atom. The Bertz CT molecular complexity index is 549. The number of carbonyl (C=O) groups is 1. The molecule has 0 bridgehead atoms. The molecule has 0 aliphatic carbocycles. The molecule has 0 heterocycles. The van der Waals surface area contributed by atoms with Crippen LogP contribution in [0.3, 0.4) is 0 Å². The van der Waals surface area contributed by atoms with Crippen LogP contribution < -0.4 is 0 Å². The number of benzene rings is 1. The minimum absolute atomic E-state index is 0.00993. The number of hydrogen-bond acceptors (Lipinski definition) is 4. The summed E-state index contributed by atoms with van der Waals surface area (Å²) in [5.41, 5.74) is 0.817. The molecule has 1 rings (SSSR count). The third-order valence-electron chi connectivity index (χ3n) is 3.01. The minimum Gasteiger partial charge on any atom is -0.338 e. The molecule has 1 aromatic rings. The maximum atomic E-state index is 12.1. The van der Waals surface area contributed by atoms with Gasteiger partial charge in [-0.15, -0.1) is 0 Å². The molecule has 1 amide bonds. The summed E-state index contributed by atoms with van der Waals surface area (Å²) in [6, 6.07) is 6.06. The van der Waals surface area contributed by atoms with Crippen LogP contribution in [0.25, 0.3) is 0 Å². The van der Waals surface area contributed by atoms with Crippen molar-refractivity contribution in [2.24, 2.45) is 0 Å². The highest BCUT2D eigenvalue weighted by Crippen LogP contribution is 2.20. The van der Waals surface area contributed by atoms with Gasteiger partial charge in [-0.25, -0.2) is 0 Å². The molecule has 0 aromatic heterocycles. The van der Waals surface area contributed by atoms with Crippen molar-refractivity contribution < 1.29 is 9.72 Å². The Balaban J connectivity index is 2.98. The van der Waals surface area contributed by atoms with E-state index >= 15 is 0 Å². The van der Waals surface area contributed by atoms with Crippen molar-refractivity contribution in [3.8, 4) is 6.07 Å². The van der Waals surface area contributed by atoms with Crippen LogP contribution >= 0.6 is 0 Å². The van der Waals surface area contributed by atoms with Crippen molar-refractivity contribution in [1.82, 2.24) is 4.90 Å². The maximum Gasteiger partial charge on any atom is 0.272 e. The second-order valence-electron chi connectivity index (χ2n) is 4.39. The summed E-state index contributed by atoms with van der Waals surface area (Å²) in [5.74, 6) is -0.249. The van der Waals surface area contributed by atoms with Crippen molar-refractivity contribution >= 4 is 11.6 Å². The molecule has 1 atom stereocenters. The van der Waals surface area contributed by atoms with E-state index in [9.17, 15) is 14.9 Å². The molecule has 0 radical (unpaired) electrons. The van der Waals surface area contributed by atoms with Gasteiger partial charge in [-0.3, -0.25) is 14.9 Å². The first kappa shape index (κ1) is 14.6. The molecular formula is C13H15N3O3. The quantitative estimate of drug-likeness (QED) is 0.614. The van der Waals surface area contributed by atoms with Crippen molar-refractivity contribution in [3.05, 3.63) is 39.4 Å². The lowest BCUT2D eigenvalue weighted by atomic mass is 10.1. The van der Waals surface area contributed by atoms with Crippen LogP contribution in [0.4, 0.5) is 5.69 Å². The van der Waals surface area contributed by atoms with Crippen LogP contribution in [0.5, 0.6) is 0 Å². The van der Waals surface area contributed by atoms with Crippen LogP contribution in [0.2, 0.25) is 0 Å². The summed E-state index contributed by atoms with van der Waals surface area (Å²) in [4.78, 5) is 23.8. The monoisotopic (exact) mass is 261 g/mol. The van der Waals surface area contributed by atoms with E-state index in [0.717, 1.165) is 0 Å². The smallest absolute Gasteiger partial charge is 0.272 e. The zero-order chi connectivity index (χ0) is 14.6. The summed E-state index contributed by atoms with van der Waals surface area (Å²) in [6.45, 7) is 3.37. The van der Waals surface area contributed by atoms with Gasteiger partial charge in [-0.2, -0.15) is 5.26 Å². The molecular weight excluding hydrogens is 246 g/mol. The number of hydrogen-bond donors (Lipinski definition) is 0. The second-order valence-corrected chi connectivity index (χ2v) is 4.39. The maximum absolute atomic E-state index is 12.1. The van der Waals surface area contributed by atoms with Gasteiger partial charge in [0.2, 0.25) is 0 Å². The van der Waals surface area contributed by atoms with Gasteiger partial charge in [0.05, 0.1) is 17.4 Å². The topological polar surface area (TPSA) is 87.2 Å². The highest BCUT2D eigenvalue weighted by atomic mass is 16.6. The van der Waals surface area contributed by atoms with Crippen molar-refractivity contribution in [1.29, 1.82) is 5.26 Å². The Kier molecular flexibility index (Phi) is 4.59. The van der Waals surface area contributed by atoms with E-state index in [1.165, 1.54) is 23.1 Å². The number of amides is 1. The fourth-order valence-electron chi connectivity index (χ4n) is 1.67. The summed E-state index contributed by atoms with van der Waals surface area (Å²) in [5, 5.41) is 19.3. The fraction of sp³-hybridized carbons (Fsp3) is 0.385. The van der Waals surface area contributed by atoms with Gasteiger partial charge in [-0.05, 0) is 26.0 Å². The molecule has 0 saturated carbocycles. The summed E-state index contributed by atoms with van der Waals surface area (Å²) in [7, 11) is 1.61. The van der Waals surface area contributed by atoms with Crippen molar-refractivity contribution in [2.45, 2.75) is 26.3 Å². The second kappa shape index (κ2) is 5.96. The first-order valence-corrected chi connectivity index (χ1v) is 5.77. The molecule has 100 valence electrons. The molecule has 0 saturated heterocycles. The first-order valence-electron chi connectivity index (χ1n) is 5.77. The molecule has 0 spiro atoms. The van der Waals surface area contributed by atoms with E-state index in [1.807, 2.05) is 6.07 Å². The zero-order valence-electron chi connectivity index (χ0n) is 11.1. The number of nitriles is 1.